The summed E-state index contributed by atoms with van der Waals surface area (Å²) >= 11 is 1.57. The Bertz CT molecular complexity index is 944. The first-order chi connectivity index (χ1) is 15.3. The van der Waals surface area contributed by atoms with Crippen molar-refractivity contribution in [3.05, 3.63) is 10.6 Å². The predicted octanol–water partition coefficient (Wildman–Crippen LogP) is 4.30. The lowest BCUT2D eigenvalue weighted by Gasteiger charge is -2.53. The van der Waals surface area contributed by atoms with Gasteiger partial charge in [0.2, 0.25) is 11.8 Å². The van der Waals surface area contributed by atoms with Gasteiger partial charge in [0, 0.05) is 30.2 Å². The number of nitrogens with one attached hydrogen (secondary N) is 1. The van der Waals surface area contributed by atoms with E-state index in [-0.39, 0.29) is 52.9 Å². The van der Waals surface area contributed by atoms with Gasteiger partial charge in [-0.15, -0.1) is 17.8 Å². The molecule has 1 fully saturated rings. The normalized spacial score (nSPS) is 29.9. The first kappa shape index (κ1) is 25.7. The maximum absolute atomic E-state index is 12.9. The number of hydrogen-bond acceptors (Lipinski definition) is 5. The quantitative estimate of drug-likeness (QED) is 0.625. The molecule has 1 saturated carbocycles. The number of aromatic nitrogens is 1. The molecule has 1 unspecified atom stereocenters. The molecule has 1 aromatic heterocycles. The first-order valence-electron chi connectivity index (χ1n) is 11.9. The van der Waals surface area contributed by atoms with Gasteiger partial charge in [0.1, 0.15) is 0 Å². The molecule has 2 aliphatic carbocycles. The minimum atomic E-state index is -0.592. The van der Waals surface area contributed by atoms with Crippen molar-refractivity contribution in [2.75, 3.05) is 18.9 Å². The summed E-state index contributed by atoms with van der Waals surface area (Å²) in [5.41, 5.74) is 0.837. The van der Waals surface area contributed by atoms with Crippen molar-refractivity contribution in [3.63, 3.8) is 0 Å². The molecule has 0 spiro atoms. The fourth-order valence-electron chi connectivity index (χ4n) is 5.99. The van der Waals surface area contributed by atoms with Gasteiger partial charge in [-0.2, -0.15) is 0 Å². The van der Waals surface area contributed by atoms with Crippen LogP contribution < -0.4 is 5.32 Å². The number of fused-ring (bicyclic) bond motifs is 2. The molecule has 182 valence electrons. The van der Waals surface area contributed by atoms with Crippen LogP contribution in [0.4, 0.5) is 5.13 Å². The van der Waals surface area contributed by atoms with Gasteiger partial charge >= 0.3 is 0 Å². The monoisotopic (exact) mass is 473 g/mol. The van der Waals surface area contributed by atoms with Crippen LogP contribution in [-0.2, 0) is 16.0 Å². The molecule has 2 amide bonds. The molecule has 2 N–H and O–H groups in total. The van der Waals surface area contributed by atoms with Crippen molar-refractivity contribution >= 4 is 28.3 Å². The van der Waals surface area contributed by atoms with Crippen molar-refractivity contribution in [2.45, 2.75) is 79.2 Å². The van der Waals surface area contributed by atoms with Gasteiger partial charge in [0.15, 0.2) is 5.13 Å². The second-order valence-corrected chi connectivity index (χ2v) is 12.7. The van der Waals surface area contributed by atoms with E-state index in [0.29, 0.717) is 11.6 Å². The second-order valence-electron chi connectivity index (χ2n) is 11.6. The fourth-order valence-corrected chi connectivity index (χ4v) is 7.27. The summed E-state index contributed by atoms with van der Waals surface area (Å²) in [6.07, 6.45) is 7.82. The fraction of sp³-hybridized carbons (Fsp3) is 0.731. The van der Waals surface area contributed by atoms with Crippen LogP contribution in [0.3, 0.4) is 0 Å². The summed E-state index contributed by atoms with van der Waals surface area (Å²) in [5, 5.41) is 15.2. The molecule has 33 heavy (non-hydrogen) atoms. The van der Waals surface area contributed by atoms with Gasteiger partial charge in [-0.25, -0.2) is 4.98 Å². The maximum Gasteiger partial charge on any atom is 0.226 e. The maximum atomic E-state index is 12.9. The lowest BCUT2D eigenvalue weighted by molar-refractivity contribution is -0.142. The molecule has 0 radical (unpaired) electrons. The zero-order valence-corrected chi connectivity index (χ0v) is 21.9. The minimum absolute atomic E-state index is 0.0113. The van der Waals surface area contributed by atoms with Crippen molar-refractivity contribution in [2.24, 2.45) is 28.6 Å². The van der Waals surface area contributed by atoms with Gasteiger partial charge in [0.05, 0.1) is 18.3 Å². The number of hydrogen-bond donors (Lipinski definition) is 2. The highest BCUT2D eigenvalue weighted by molar-refractivity contribution is 7.15. The van der Waals surface area contributed by atoms with Gasteiger partial charge in [-0.1, -0.05) is 47.5 Å². The third-order valence-corrected chi connectivity index (χ3v) is 8.58. The van der Waals surface area contributed by atoms with Crippen LogP contribution in [0.2, 0.25) is 0 Å². The number of carbonyl (C=O) groups is 2. The van der Waals surface area contributed by atoms with Crippen molar-refractivity contribution in [1.29, 1.82) is 0 Å². The van der Waals surface area contributed by atoms with E-state index in [2.05, 4.69) is 25.1 Å². The SMILES string of the molecule is C#CCN(C)C(=O)[C@@H](C)C1CC[C@@]2(C)Cc3sc(NC(=O)CC(C)(C)C)nc3[C@@H](C)[C@@H]2[C@H]1O. The average molecular weight is 474 g/mol. The number of terminal acetylenes is 1. The Kier molecular flexibility index (Phi) is 7.31. The molecule has 3 rings (SSSR count). The van der Waals surface area contributed by atoms with Gasteiger partial charge in [-0.05, 0) is 41.9 Å². The van der Waals surface area contributed by atoms with Crippen molar-refractivity contribution in [1.82, 2.24) is 9.88 Å². The number of amides is 2. The Hall–Kier alpha value is -1.91. The zero-order chi connectivity index (χ0) is 24.7. The number of aliphatic hydroxyl groups is 1. The summed E-state index contributed by atoms with van der Waals surface area (Å²) in [7, 11) is 1.72. The Labute approximate surface area is 202 Å². The van der Waals surface area contributed by atoms with Crippen LogP contribution >= 0.6 is 11.3 Å². The van der Waals surface area contributed by atoms with Crippen molar-refractivity contribution in [3.8, 4) is 12.3 Å². The summed E-state index contributed by atoms with van der Waals surface area (Å²) in [6, 6.07) is 0. The number of aliphatic hydroxyl groups excluding tert-OH is 1. The van der Waals surface area contributed by atoms with E-state index in [9.17, 15) is 14.7 Å². The zero-order valence-electron chi connectivity index (χ0n) is 21.1. The number of rotatable bonds is 5. The lowest BCUT2D eigenvalue weighted by atomic mass is 9.53. The van der Waals surface area contributed by atoms with Crippen LogP contribution in [0.1, 0.15) is 77.3 Å². The number of thiazole rings is 1. The van der Waals surface area contributed by atoms with Crippen LogP contribution in [-0.4, -0.2) is 46.5 Å². The average Bonchev–Trinajstić information content (AvgIpc) is 3.07. The van der Waals surface area contributed by atoms with Crippen LogP contribution in [0.5, 0.6) is 0 Å². The second kappa shape index (κ2) is 9.38. The standard InChI is InChI=1S/C26H39N3O3S/c1-9-12-29(8)23(32)15(2)17-10-11-26(7)13-18-21(16(3)20(26)22(17)31)28-24(33-18)27-19(30)14-25(4,5)6/h1,15-17,20,22,31H,10-14H2,2-8H3,(H,27,28,30)/t15-,16-,17?,20+,22-,26-/m0/s1. The molecule has 6 atom stereocenters. The van der Waals surface area contributed by atoms with E-state index in [4.69, 9.17) is 11.4 Å². The summed E-state index contributed by atoms with van der Waals surface area (Å²) in [4.78, 5) is 32.9. The lowest BCUT2D eigenvalue weighted by Crippen LogP contribution is -2.53. The number of carbonyl (C=O) groups excluding carboxylic acids is 2. The van der Waals surface area contributed by atoms with Gasteiger partial charge in [-0.3, -0.25) is 9.59 Å². The molecular formula is C26H39N3O3S. The molecule has 0 saturated heterocycles. The molecule has 0 aromatic carbocycles. The third-order valence-electron chi connectivity index (χ3n) is 7.60. The summed E-state index contributed by atoms with van der Waals surface area (Å²) in [6.45, 7) is 12.7. The van der Waals surface area contributed by atoms with E-state index in [1.807, 2.05) is 27.7 Å². The van der Waals surface area contributed by atoms with Gasteiger partial charge in [0.25, 0.3) is 0 Å². The van der Waals surface area contributed by atoms with Crippen LogP contribution in [0.15, 0.2) is 0 Å². The number of nitrogens with zero attached hydrogens (tertiary/aromatic N) is 2. The molecule has 0 aliphatic heterocycles. The molecule has 2 aliphatic rings. The highest BCUT2D eigenvalue weighted by Crippen LogP contribution is 2.57. The van der Waals surface area contributed by atoms with Crippen LogP contribution in [0.25, 0.3) is 0 Å². The van der Waals surface area contributed by atoms with E-state index >= 15 is 0 Å². The van der Waals surface area contributed by atoms with E-state index in [1.165, 1.54) is 4.88 Å². The highest BCUT2D eigenvalue weighted by atomic mass is 32.1. The molecule has 1 heterocycles. The summed E-state index contributed by atoms with van der Waals surface area (Å²) in [5.74, 6) is 2.15. The number of anilines is 1. The smallest absolute Gasteiger partial charge is 0.226 e. The van der Waals surface area contributed by atoms with Crippen molar-refractivity contribution < 1.29 is 14.7 Å². The molecule has 0 bridgehead atoms. The molecule has 1 aromatic rings. The molecule has 7 heteroatoms. The van der Waals surface area contributed by atoms with E-state index in [0.717, 1.165) is 25.0 Å². The highest BCUT2D eigenvalue weighted by Gasteiger charge is 2.54. The van der Waals surface area contributed by atoms with E-state index in [1.54, 1.807) is 23.3 Å². The Morgan fingerprint density at radius 2 is 2.09 bits per heavy atom. The van der Waals surface area contributed by atoms with E-state index < -0.39 is 6.10 Å². The minimum Gasteiger partial charge on any atom is -0.392 e. The van der Waals surface area contributed by atoms with Gasteiger partial charge < -0.3 is 15.3 Å². The Morgan fingerprint density at radius 3 is 2.70 bits per heavy atom. The first-order valence-corrected chi connectivity index (χ1v) is 12.7. The third kappa shape index (κ3) is 5.27. The predicted molar refractivity (Wildman–Crippen MR) is 133 cm³/mol. The largest absolute Gasteiger partial charge is 0.392 e. The topological polar surface area (TPSA) is 82.5 Å². The molecule has 6 nitrogen and oxygen atoms in total. The molecular weight excluding hydrogens is 434 g/mol. The van der Waals surface area contributed by atoms with Crippen LogP contribution in [0, 0.1) is 40.9 Å². The Balaban J connectivity index is 1.81. The Morgan fingerprint density at radius 1 is 1.42 bits per heavy atom. The summed E-state index contributed by atoms with van der Waals surface area (Å²) < 4.78 is 0.